The summed E-state index contributed by atoms with van der Waals surface area (Å²) >= 11 is 0. The van der Waals surface area contributed by atoms with Gasteiger partial charge in [-0.3, -0.25) is 4.90 Å². The second-order valence-electron chi connectivity index (χ2n) is 5.26. The summed E-state index contributed by atoms with van der Waals surface area (Å²) in [5, 5.41) is 20.1. The van der Waals surface area contributed by atoms with Crippen molar-refractivity contribution in [3.8, 4) is 0 Å². The first kappa shape index (κ1) is 12.6. The fraction of sp³-hybridized carbons (Fsp3) is 0.571. The second-order valence-corrected chi connectivity index (χ2v) is 5.26. The lowest BCUT2D eigenvalue weighted by Crippen LogP contribution is -2.47. The standard InChI is InChI=1S/C14H21NO2/c1-14(17)8-5-9-15(11-14)10-13(16)12-6-3-2-4-7-12/h2-4,6-7,13,16-17H,5,8-11H2,1H3. The molecule has 0 amide bonds. The van der Waals surface area contributed by atoms with Gasteiger partial charge in [-0.25, -0.2) is 0 Å². The van der Waals surface area contributed by atoms with Crippen LogP contribution in [0, 0.1) is 0 Å². The molecule has 2 N–H and O–H groups in total. The molecule has 0 spiro atoms. The van der Waals surface area contributed by atoms with Crippen LogP contribution < -0.4 is 0 Å². The molecule has 0 bridgehead atoms. The molecular formula is C14H21NO2. The zero-order valence-electron chi connectivity index (χ0n) is 10.3. The molecule has 1 aliphatic rings. The molecule has 0 aromatic heterocycles. The Labute approximate surface area is 103 Å². The summed E-state index contributed by atoms with van der Waals surface area (Å²) in [6.07, 6.45) is 1.38. The van der Waals surface area contributed by atoms with Gasteiger partial charge in [-0.2, -0.15) is 0 Å². The molecule has 2 rings (SSSR count). The topological polar surface area (TPSA) is 43.7 Å². The summed E-state index contributed by atoms with van der Waals surface area (Å²) in [4.78, 5) is 2.14. The molecule has 1 saturated heterocycles. The Morgan fingerprint density at radius 3 is 2.71 bits per heavy atom. The van der Waals surface area contributed by atoms with Gasteiger partial charge in [-0.1, -0.05) is 30.3 Å². The minimum Gasteiger partial charge on any atom is -0.389 e. The van der Waals surface area contributed by atoms with E-state index in [1.165, 1.54) is 0 Å². The Hall–Kier alpha value is -0.900. The molecule has 2 unspecified atom stereocenters. The van der Waals surface area contributed by atoms with Gasteiger partial charge in [0.25, 0.3) is 0 Å². The number of likely N-dealkylation sites (tertiary alicyclic amines) is 1. The van der Waals surface area contributed by atoms with Crippen molar-refractivity contribution in [2.24, 2.45) is 0 Å². The highest BCUT2D eigenvalue weighted by Crippen LogP contribution is 2.22. The van der Waals surface area contributed by atoms with Crippen LogP contribution in [-0.2, 0) is 0 Å². The smallest absolute Gasteiger partial charge is 0.0916 e. The van der Waals surface area contributed by atoms with Crippen LogP contribution in [0.15, 0.2) is 30.3 Å². The van der Waals surface area contributed by atoms with Crippen molar-refractivity contribution in [2.75, 3.05) is 19.6 Å². The number of nitrogens with zero attached hydrogens (tertiary/aromatic N) is 1. The highest BCUT2D eigenvalue weighted by Gasteiger charge is 2.29. The van der Waals surface area contributed by atoms with Gasteiger partial charge >= 0.3 is 0 Å². The quantitative estimate of drug-likeness (QED) is 0.835. The molecular weight excluding hydrogens is 214 g/mol. The summed E-state index contributed by atoms with van der Waals surface area (Å²) in [6.45, 7) is 4.07. The average molecular weight is 235 g/mol. The summed E-state index contributed by atoms with van der Waals surface area (Å²) in [7, 11) is 0. The van der Waals surface area contributed by atoms with Gasteiger partial charge in [-0.05, 0) is 31.9 Å². The third kappa shape index (κ3) is 3.53. The van der Waals surface area contributed by atoms with Gasteiger partial charge in [0.1, 0.15) is 0 Å². The van der Waals surface area contributed by atoms with Crippen LogP contribution >= 0.6 is 0 Å². The first-order valence-corrected chi connectivity index (χ1v) is 6.25. The van der Waals surface area contributed by atoms with E-state index in [0.717, 1.165) is 24.9 Å². The van der Waals surface area contributed by atoms with Crippen LogP contribution in [0.1, 0.15) is 31.4 Å². The zero-order valence-corrected chi connectivity index (χ0v) is 10.3. The van der Waals surface area contributed by atoms with E-state index in [-0.39, 0.29) is 0 Å². The predicted octanol–water partition coefficient (Wildman–Crippen LogP) is 1.57. The van der Waals surface area contributed by atoms with E-state index in [2.05, 4.69) is 4.90 Å². The van der Waals surface area contributed by atoms with Crippen LogP contribution in [0.2, 0.25) is 0 Å². The van der Waals surface area contributed by atoms with Crippen molar-refractivity contribution in [1.29, 1.82) is 0 Å². The summed E-state index contributed by atoms with van der Waals surface area (Å²) in [5.74, 6) is 0. The Balaban J connectivity index is 1.93. The maximum Gasteiger partial charge on any atom is 0.0916 e. The Kier molecular flexibility index (Phi) is 3.82. The first-order valence-electron chi connectivity index (χ1n) is 6.25. The Bertz CT molecular complexity index is 350. The number of aliphatic hydroxyl groups is 2. The van der Waals surface area contributed by atoms with Crippen molar-refractivity contribution in [3.05, 3.63) is 35.9 Å². The predicted molar refractivity (Wildman–Crippen MR) is 67.7 cm³/mol. The monoisotopic (exact) mass is 235 g/mol. The summed E-state index contributed by atoms with van der Waals surface area (Å²) < 4.78 is 0. The number of benzene rings is 1. The van der Waals surface area contributed by atoms with Gasteiger partial charge in [0.15, 0.2) is 0 Å². The average Bonchev–Trinajstić information content (AvgIpc) is 2.29. The van der Waals surface area contributed by atoms with Crippen LogP contribution in [0.5, 0.6) is 0 Å². The molecule has 0 aliphatic carbocycles. The number of hydrogen-bond donors (Lipinski definition) is 2. The van der Waals surface area contributed by atoms with Gasteiger partial charge in [0, 0.05) is 13.1 Å². The highest BCUT2D eigenvalue weighted by molar-refractivity contribution is 5.17. The lowest BCUT2D eigenvalue weighted by Gasteiger charge is -2.37. The van der Waals surface area contributed by atoms with Gasteiger partial charge < -0.3 is 10.2 Å². The van der Waals surface area contributed by atoms with E-state index >= 15 is 0 Å². The van der Waals surface area contributed by atoms with Crippen molar-refractivity contribution in [2.45, 2.75) is 31.5 Å². The molecule has 1 aliphatic heterocycles. The second kappa shape index (κ2) is 5.17. The molecule has 1 aromatic carbocycles. The van der Waals surface area contributed by atoms with E-state index in [4.69, 9.17) is 0 Å². The lowest BCUT2D eigenvalue weighted by atomic mass is 9.94. The maximum atomic E-state index is 10.1. The van der Waals surface area contributed by atoms with E-state index in [1.54, 1.807) is 0 Å². The summed E-state index contributed by atoms with van der Waals surface area (Å²) in [6, 6.07) is 9.69. The molecule has 0 radical (unpaired) electrons. The molecule has 2 atom stereocenters. The van der Waals surface area contributed by atoms with Crippen LogP contribution in [0.4, 0.5) is 0 Å². The number of hydrogen-bond acceptors (Lipinski definition) is 3. The van der Waals surface area contributed by atoms with E-state index in [1.807, 2.05) is 37.3 Å². The number of aliphatic hydroxyl groups excluding tert-OH is 1. The molecule has 3 heteroatoms. The van der Waals surface area contributed by atoms with E-state index in [0.29, 0.717) is 13.1 Å². The molecule has 3 nitrogen and oxygen atoms in total. The molecule has 1 heterocycles. The zero-order chi connectivity index (χ0) is 12.3. The molecule has 94 valence electrons. The van der Waals surface area contributed by atoms with Crippen LogP contribution in [0.3, 0.4) is 0 Å². The molecule has 1 fully saturated rings. The fourth-order valence-electron chi connectivity index (χ4n) is 2.50. The highest BCUT2D eigenvalue weighted by atomic mass is 16.3. The third-order valence-corrected chi connectivity index (χ3v) is 3.37. The molecule has 1 aromatic rings. The van der Waals surface area contributed by atoms with Gasteiger partial charge in [0.05, 0.1) is 11.7 Å². The minimum absolute atomic E-state index is 0.468. The van der Waals surface area contributed by atoms with Crippen LogP contribution in [0.25, 0.3) is 0 Å². The number of piperidine rings is 1. The van der Waals surface area contributed by atoms with Crippen LogP contribution in [-0.4, -0.2) is 40.3 Å². The van der Waals surface area contributed by atoms with E-state index < -0.39 is 11.7 Å². The SMILES string of the molecule is CC1(O)CCCN(CC(O)c2ccccc2)C1. The van der Waals surface area contributed by atoms with Crippen molar-refractivity contribution in [3.63, 3.8) is 0 Å². The van der Waals surface area contributed by atoms with Crippen molar-refractivity contribution in [1.82, 2.24) is 4.90 Å². The first-order chi connectivity index (χ1) is 8.07. The van der Waals surface area contributed by atoms with E-state index in [9.17, 15) is 10.2 Å². The largest absolute Gasteiger partial charge is 0.389 e. The Morgan fingerprint density at radius 2 is 2.06 bits per heavy atom. The third-order valence-electron chi connectivity index (χ3n) is 3.37. The van der Waals surface area contributed by atoms with Crippen molar-refractivity contribution < 1.29 is 10.2 Å². The lowest BCUT2D eigenvalue weighted by molar-refractivity contribution is -0.0281. The van der Waals surface area contributed by atoms with Crippen molar-refractivity contribution >= 4 is 0 Å². The Morgan fingerprint density at radius 1 is 1.35 bits per heavy atom. The normalized spacial score (nSPS) is 27.9. The fourth-order valence-corrected chi connectivity index (χ4v) is 2.50. The molecule has 17 heavy (non-hydrogen) atoms. The number of β-amino-alcohol motifs (C(OH)–C–C–N with tert-alkyl or cyclic N) is 2. The van der Waals surface area contributed by atoms with Gasteiger partial charge in [-0.15, -0.1) is 0 Å². The summed E-state index contributed by atoms with van der Waals surface area (Å²) in [5.41, 5.74) is 0.340. The minimum atomic E-state index is -0.603. The van der Waals surface area contributed by atoms with Gasteiger partial charge in [0.2, 0.25) is 0 Å². The number of rotatable bonds is 3. The maximum absolute atomic E-state index is 10.1. The molecule has 0 saturated carbocycles.